The van der Waals surface area contributed by atoms with E-state index in [0.29, 0.717) is 6.61 Å². The first-order valence-electron chi connectivity index (χ1n) is 7.11. The molecule has 1 aromatic rings. The molecule has 1 N–H and O–H groups in total. The monoisotopic (exact) mass is 336 g/mol. The number of nitrogens with one attached hydrogen (secondary N) is 1. The maximum Gasteiger partial charge on any atom is 0.123 e. The molecule has 0 aliphatic carbocycles. The third kappa shape index (κ3) is 7.34. The lowest BCUT2D eigenvalue weighted by molar-refractivity contribution is 0.0384. The molecule has 1 heterocycles. The van der Waals surface area contributed by atoms with E-state index in [4.69, 9.17) is 9.47 Å². The zero-order valence-corrected chi connectivity index (χ0v) is 14.2. The minimum atomic E-state index is 0. The van der Waals surface area contributed by atoms with Crippen molar-refractivity contribution >= 4 is 24.8 Å². The van der Waals surface area contributed by atoms with Gasteiger partial charge in [-0.05, 0) is 13.0 Å². The number of benzene rings is 1. The largest absolute Gasteiger partial charge is 0.494 e. The molecule has 1 saturated heterocycles. The number of para-hydroxylation sites is 1. The van der Waals surface area contributed by atoms with Crippen molar-refractivity contribution in [3.63, 3.8) is 0 Å². The topological polar surface area (TPSA) is 33.7 Å². The quantitative estimate of drug-likeness (QED) is 0.775. The molecule has 0 amide bonds. The van der Waals surface area contributed by atoms with Gasteiger partial charge in [-0.2, -0.15) is 0 Å². The van der Waals surface area contributed by atoms with Crippen LogP contribution in [0.4, 0.5) is 0 Å². The van der Waals surface area contributed by atoms with Gasteiger partial charge in [0.05, 0.1) is 19.8 Å². The average molecular weight is 337 g/mol. The van der Waals surface area contributed by atoms with Gasteiger partial charge in [-0.3, -0.25) is 4.90 Å². The van der Waals surface area contributed by atoms with Crippen LogP contribution < -0.4 is 10.1 Å². The Bertz CT molecular complexity index is 374. The smallest absolute Gasteiger partial charge is 0.123 e. The molecule has 0 radical (unpaired) electrons. The molecule has 4 nitrogen and oxygen atoms in total. The van der Waals surface area contributed by atoms with E-state index in [0.717, 1.165) is 51.7 Å². The normalized spacial score (nSPS) is 14.9. The summed E-state index contributed by atoms with van der Waals surface area (Å²) >= 11 is 0. The van der Waals surface area contributed by atoms with Crippen LogP contribution in [0.1, 0.15) is 12.5 Å². The molecular formula is C15H26Cl2N2O2. The number of morpholine rings is 1. The molecule has 0 saturated carbocycles. The molecule has 0 atom stereocenters. The van der Waals surface area contributed by atoms with Crippen molar-refractivity contribution in [1.29, 1.82) is 0 Å². The van der Waals surface area contributed by atoms with Crippen LogP contribution in [0.15, 0.2) is 24.3 Å². The van der Waals surface area contributed by atoms with E-state index in [1.54, 1.807) is 0 Å². The predicted molar refractivity (Wildman–Crippen MR) is 91.1 cm³/mol. The van der Waals surface area contributed by atoms with Gasteiger partial charge >= 0.3 is 0 Å². The number of nitrogens with zero attached hydrogens (tertiary/aromatic N) is 1. The molecule has 2 rings (SSSR count). The zero-order valence-electron chi connectivity index (χ0n) is 12.5. The van der Waals surface area contributed by atoms with E-state index in [9.17, 15) is 0 Å². The lowest BCUT2D eigenvalue weighted by atomic mass is 10.2. The lowest BCUT2D eigenvalue weighted by Crippen LogP contribution is -2.40. The number of hydrogen-bond donors (Lipinski definition) is 1. The van der Waals surface area contributed by atoms with Crippen molar-refractivity contribution in [3.05, 3.63) is 29.8 Å². The van der Waals surface area contributed by atoms with Crippen LogP contribution in [-0.2, 0) is 11.3 Å². The minimum absolute atomic E-state index is 0. The Morgan fingerprint density at radius 2 is 1.90 bits per heavy atom. The Kier molecular flexibility index (Phi) is 11.8. The molecule has 122 valence electrons. The summed E-state index contributed by atoms with van der Waals surface area (Å²) in [5, 5.41) is 3.49. The third-order valence-corrected chi connectivity index (χ3v) is 3.30. The maximum absolute atomic E-state index is 5.62. The summed E-state index contributed by atoms with van der Waals surface area (Å²) in [5.41, 5.74) is 1.23. The van der Waals surface area contributed by atoms with Gasteiger partial charge in [0.2, 0.25) is 0 Å². The van der Waals surface area contributed by atoms with E-state index in [-0.39, 0.29) is 24.8 Å². The summed E-state index contributed by atoms with van der Waals surface area (Å²) in [5.74, 6) is 0.990. The van der Waals surface area contributed by atoms with E-state index in [1.807, 2.05) is 19.1 Å². The number of hydrogen-bond acceptors (Lipinski definition) is 4. The molecule has 0 aromatic heterocycles. The fourth-order valence-corrected chi connectivity index (χ4v) is 2.23. The molecular weight excluding hydrogens is 311 g/mol. The molecule has 0 unspecified atom stereocenters. The summed E-state index contributed by atoms with van der Waals surface area (Å²) in [7, 11) is 0. The van der Waals surface area contributed by atoms with Gasteiger partial charge in [-0.1, -0.05) is 18.2 Å². The van der Waals surface area contributed by atoms with Crippen molar-refractivity contribution in [2.75, 3.05) is 46.0 Å². The minimum Gasteiger partial charge on any atom is -0.494 e. The summed E-state index contributed by atoms with van der Waals surface area (Å²) in [6, 6.07) is 8.22. The van der Waals surface area contributed by atoms with Crippen molar-refractivity contribution < 1.29 is 9.47 Å². The Labute approximate surface area is 140 Å². The molecule has 1 aromatic carbocycles. The highest BCUT2D eigenvalue weighted by molar-refractivity contribution is 5.85. The van der Waals surface area contributed by atoms with Crippen LogP contribution in [0.2, 0.25) is 0 Å². The Hall–Kier alpha value is -0.520. The fraction of sp³-hybridized carbons (Fsp3) is 0.600. The van der Waals surface area contributed by atoms with E-state index in [1.165, 1.54) is 5.56 Å². The first-order valence-corrected chi connectivity index (χ1v) is 7.11. The Morgan fingerprint density at radius 1 is 1.19 bits per heavy atom. The number of ether oxygens (including phenoxy) is 2. The summed E-state index contributed by atoms with van der Waals surface area (Å²) in [4.78, 5) is 2.44. The van der Waals surface area contributed by atoms with Crippen molar-refractivity contribution in [1.82, 2.24) is 10.2 Å². The zero-order chi connectivity index (χ0) is 13.3. The fourth-order valence-electron chi connectivity index (χ4n) is 2.23. The molecule has 0 bridgehead atoms. The van der Waals surface area contributed by atoms with Gasteiger partial charge in [0.25, 0.3) is 0 Å². The molecule has 0 spiro atoms. The van der Waals surface area contributed by atoms with Crippen molar-refractivity contribution in [3.8, 4) is 5.75 Å². The summed E-state index contributed by atoms with van der Waals surface area (Å²) in [6.07, 6.45) is 0. The summed E-state index contributed by atoms with van der Waals surface area (Å²) < 4.78 is 11.0. The Balaban J connectivity index is 0.00000200. The number of halogens is 2. The molecule has 1 aliphatic rings. The van der Waals surface area contributed by atoms with E-state index >= 15 is 0 Å². The van der Waals surface area contributed by atoms with Crippen LogP contribution >= 0.6 is 24.8 Å². The molecule has 1 fully saturated rings. The number of rotatable bonds is 7. The van der Waals surface area contributed by atoms with Crippen LogP contribution in [-0.4, -0.2) is 50.9 Å². The highest BCUT2D eigenvalue weighted by Crippen LogP contribution is 2.17. The SMILES string of the molecule is CCOc1ccccc1CNCCN1CCOCC1.Cl.Cl. The van der Waals surface area contributed by atoms with E-state index in [2.05, 4.69) is 22.3 Å². The lowest BCUT2D eigenvalue weighted by Gasteiger charge is -2.26. The molecule has 21 heavy (non-hydrogen) atoms. The molecule has 1 aliphatic heterocycles. The third-order valence-electron chi connectivity index (χ3n) is 3.30. The standard InChI is InChI=1S/C15H24N2O2.2ClH/c1-2-19-15-6-4-3-5-14(15)13-16-7-8-17-9-11-18-12-10-17;;/h3-6,16H,2,7-13H2,1H3;2*1H. The van der Waals surface area contributed by atoms with Crippen LogP contribution in [0.5, 0.6) is 5.75 Å². The van der Waals surface area contributed by atoms with E-state index < -0.39 is 0 Å². The molecule has 6 heteroatoms. The van der Waals surface area contributed by atoms with Crippen molar-refractivity contribution in [2.45, 2.75) is 13.5 Å². The van der Waals surface area contributed by atoms with Gasteiger partial charge in [-0.25, -0.2) is 0 Å². The summed E-state index contributed by atoms with van der Waals surface area (Å²) in [6.45, 7) is 9.52. The second kappa shape index (κ2) is 12.1. The van der Waals surface area contributed by atoms with Crippen LogP contribution in [0.25, 0.3) is 0 Å². The van der Waals surface area contributed by atoms with Crippen LogP contribution in [0.3, 0.4) is 0 Å². The maximum atomic E-state index is 5.62. The highest BCUT2D eigenvalue weighted by atomic mass is 35.5. The van der Waals surface area contributed by atoms with Gasteiger partial charge in [0, 0.05) is 38.3 Å². The van der Waals surface area contributed by atoms with Gasteiger partial charge < -0.3 is 14.8 Å². The second-order valence-electron chi connectivity index (χ2n) is 4.67. The van der Waals surface area contributed by atoms with Gasteiger partial charge in [0.1, 0.15) is 5.75 Å². The van der Waals surface area contributed by atoms with Gasteiger partial charge in [-0.15, -0.1) is 24.8 Å². The average Bonchev–Trinajstić information content (AvgIpc) is 2.47. The van der Waals surface area contributed by atoms with Crippen molar-refractivity contribution in [2.24, 2.45) is 0 Å². The second-order valence-corrected chi connectivity index (χ2v) is 4.67. The van der Waals surface area contributed by atoms with Crippen LogP contribution in [0, 0.1) is 0 Å². The predicted octanol–water partition coefficient (Wildman–Crippen LogP) is 2.35. The first-order chi connectivity index (χ1) is 9.40. The van der Waals surface area contributed by atoms with Gasteiger partial charge in [0.15, 0.2) is 0 Å². The Morgan fingerprint density at radius 3 is 2.62 bits per heavy atom. The highest BCUT2D eigenvalue weighted by Gasteiger charge is 2.09. The first kappa shape index (κ1) is 20.5.